The molecule has 0 aliphatic heterocycles. The molecule has 0 aromatic carbocycles. The largest absolute Gasteiger partial charge is 0.388 e. The van der Waals surface area contributed by atoms with Crippen molar-refractivity contribution in [3.05, 3.63) is 23.9 Å². The number of aliphatic hydroxyl groups is 1. The highest BCUT2D eigenvalue weighted by molar-refractivity contribution is 5.39. The Labute approximate surface area is 108 Å². The Hall–Kier alpha value is -1.60. The molecule has 4 nitrogen and oxygen atoms in total. The first-order valence-electron chi connectivity index (χ1n) is 6.54. The maximum absolute atomic E-state index is 10.5. The molecule has 0 radical (unpaired) electrons. The Morgan fingerprint density at radius 2 is 2.00 bits per heavy atom. The molecule has 1 aromatic rings. The zero-order valence-corrected chi connectivity index (χ0v) is 10.5. The molecule has 4 heteroatoms. The summed E-state index contributed by atoms with van der Waals surface area (Å²) in [6, 6.07) is 5.54. The Morgan fingerprint density at radius 1 is 1.28 bits per heavy atom. The van der Waals surface area contributed by atoms with E-state index in [2.05, 4.69) is 10.3 Å². The van der Waals surface area contributed by atoms with Gasteiger partial charge >= 0.3 is 0 Å². The average Bonchev–Trinajstić information content (AvgIpc) is 2.62. The van der Waals surface area contributed by atoms with Gasteiger partial charge in [-0.05, 0) is 25.0 Å². The molecule has 1 aliphatic rings. The van der Waals surface area contributed by atoms with Gasteiger partial charge in [0.15, 0.2) is 0 Å². The summed E-state index contributed by atoms with van der Waals surface area (Å²) >= 11 is 0. The second-order valence-corrected chi connectivity index (χ2v) is 5.04. The second kappa shape index (κ2) is 5.83. The van der Waals surface area contributed by atoms with Gasteiger partial charge in [0, 0.05) is 12.7 Å². The highest BCUT2D eigenvalue weighted by Gasteiger charge is 2.27. The maximum atomic E-state index is 10.5. The van der Waals surface area contributed by atoms with Crippen molar-refractivity contribution in [2.45, 2.75) is 44.1 Å². The fourth-order valence-corrected chi connectivity index (χ4v) is 2.38. The van der Waals surface area contributed by atoms with E-state index < -0.39 is 5.60 Å². The zero-order valence-electron chi connectivity index (χ0n) is 10.5. The number of rotatable bonds is 3. The second-order valence-electron chi connectivity index (χ2n) is 5.04. The number of hydrogen-bond acceptors (Lipinski definition) is 4. The summed E-state index contributed by atoms with van der Waals surface area (Å²) in [6.07, 6.45) is 7.89. The van der Waals surface area contributed by atoms with Crippen LogP contribution in [0.15, 0.2) is 18.3 Å². The summed E-state index contributed by atoms with van der Waals surface area (Å²) in [7, 11) is 0. The van der Waals surface area contributed by atoms with Gasteiger partial charge in [0.1, 0.15) is 11.9 Å². The van der Waals surface area contributed by atoms with Crippen LogP contribution in [-0.4, -0.2) is 22.2 Å². The van der Waals surface area contributed by atoms with Crippen molar-refractivity contribution in [2.75, 3.05) is 11.9 Å². The van der Waals surface area contributed by atoms with Gasteiger partial charge in [0.2, 0.25) is 0 Å². The van der Waals surface area contributed by atoms with Crippen LogP contribution in [0.2, 0.25) is 0 Å². The van der Waals surface area contributed by atoms with E-state index in [4.69, 9.17) is 5.26 Å². The number of nitrogens with one attached hydrogen (secondary N) is 1. The Balaban J connectivity index is 1.91. The lowest BCUT2D eigenvalue weighted by Gasteiger charge is -2.27. The third-order valence-electron chi connectivity index (χ3n) is 3.53. The van der Waals surface area contributed by atoms with Crippen LogP contribution in [0.25, 0.3) is 0 Å². The molecule has 0 saturated heterocycles. The van der Waals surface area contributed by atoms with Gasteiger partial charge in [-0.15, -0.1) is 0 Å². The average molecular weight is 245 g/mol. The van der Waals surface area contributed by atoms with Crippen LogP contribution in [0.4, 0.5) is 5.82 Å². The van der Waals surface area contributed by atoms with Gasteiger partial charge < -0.3 is 10.4 Å². The topological polar surface area (TPSA) is 68.9 Å². The monoisotopic (exact) mass is 245 g/mol. The first-order chi connectivity index (χ1) is 8.72. The Kier molecular flexibility index (Phi) is 4.16. The smallest absolute Gasteiger partial charge is 0.126 e. The summed E-state index contributed by atoms with van der Waals surface area (Å²) in [5.74, 6) is 0.715. The molecule has 0 atom stereocenters. The summed E-state index contributed by atoms with van der Waals surface area (Å²) in [5, 5.41) is 22.3. The minimum Gasteiger partial charge on any atom is -0.388 e. The van der Waals surface area contributed by atoms with Crippen molar-refractivity contribution >= 4 is 5.82 Å². The molecule has 1 heterocycles. The lowest BCUT2D eigenvalue weighted by Crippen LogP contribution is -2.36. The molecule has 1 saturated carbocycles. The normalized spacial score (nSPS) is 18.7. The van der Waals surface area contributed by atoms with Crippen LogP contribution < -0.4 is 5.32 Å². The summed E-state index contributed by atoms with van der Waals surface area (Å²) in [6.45, 7) is 0.534. The van der Waals surface area contributed by atoms with Gasteiger partial charge in [-0.3, -0.25) is 0 Å². The third kappa shape index (κ3) is 3.44. The third-order valence-corrected chi connectivity index (χ3v) is 3.53. The number of anilines is 1. The van der Waals surface area contributed by atoms with E-state index in [1.807, 2.05) is 6.07 Å². The predicted octanol–water partition coefficient (Wildman–Crippen LogP) is 2.45. The van der Waals surface area contributed by atoms with E-state index in [9.17, 15) is 5.11 Å². The molecule has 2 N–H and O–H groups in total. The van der Waals surface area contributed by atoms with E-state index in [1.165, 1.54) is 12.8 Å². The van der Waals surface area contributed by atoms with Gasteiger partial charge in [-0.2, -0.15) is 5.26 Å². The van der Waals surface area contributed by atoms with E-state index in [0.717, 1.165) is 25.7 Å². The Morgan fingerprint density at radius 3 is 2.56 bits per heavy atom. The molecule has 1 aliphatic carbocycles. The number of aromatic nitrogens is 1. The molecule has 1 fully saturated rings. The quantitative estimate of drug-likeness (QED) is 0.803. The molecular formula is C14H19N3O. The molecule has 1 aromatic heterocycles. The van der Waals surface area contributed by atoms with Crippen LogP contribution in [0.3, 0.4) is 0 Å². The Bertz CT molecular complexity index is 414. The minimum absolute atomic E-state index is 0.534. The van der Waals surface area contributed by atoms with E-state index in [-0.39, 0.29) is 0 Å². The van der Waals surface area contributed by atoms with Crippen LogP contribution in [0.5, 0.6) is 0 Å². The molecule has 2 rings (SSSR count). The van der Waals surface area contributed by atoms with Gasteiger partial charge in [-0.1, -0.05) is 25.7 Å². The fourth-order valence-electron chi connectivity index (χ4n) is 2.38. The molecule has 0 unspecified atom stereocenters. The number of pyridine rings is 1. The van der Waals surface area contributed by atoms with E-state index in [0.29, 0.717) is 17.9 Å². The highest BCUT2D eigenvalue weighted by atomic mass is 16.3. The lowest BCUT2D eigenvalue weighted by atomic mass is 9.94. The lowest BCUT2D eigenvalue weighted by molar-refractivity contribution is 0.0380. The van der Waals surface area contributed by atoms with Crippen molar-refractivity contribution in [1.29, 1.82) is 5.26 Å². The number of nitriles is 1. The summed E-state index contributed by atoms with van der Waals surface area (Å²) in [4.78, 5) is 4.14. The maximum Gasteiger partial charge on any atom is 0.126 e. The summed E-state index contributed by atoms with van der Waals surface area (Å²) < 4.78 is 0. The fraction of sp³-hybridized carbons (Fsp3) is 0.571. The molecular weight excluding hydrogens is 226 g/mol. The highest BCUT2D eigenvalue weighted by Crippen LogP contribution is 2.27. The molecule has 18 heavy (non-hydrogen) atoms. The van der Waals surface area contributed by atoms with Crippen molar-refractivity contribution in [2.24, 2.45) is 0 Å². The van der Waals surface area contributed by atoms with Gasteiger partial charge in [0.25, 0.3) is 0 Å². The van der Waals surface area contributed by atoms with Crippen LogP contribution in [-0.2, 0) is 0 Å². The minimum atomic E-state index is -0.605. The van der Waals surface area contributed by atoms with Crippen LogP contribution in [0.1, 0.15) is 44.1 Å². The van der Waals surface area contributed by atoms with Crippen LogP contribution in [0, 0.1) is 11.3 Å². The van der Waals surface area contributed by atoms with E-state index >= 15 is 0 Å². The number of nitrogens with zero attached hydrogens (tertiary/aromatic N) is 2. The molecule has 0 amide bonds. The number of hydrogen-bond donors (Lipinski definition) is 2. The van der Waals surface area contributed by atoms with Gasteiger partial charge in [0.05, 0.1) is 11.2 Å². The van der Waals surface area contributed by atoms with E-state index in [1.54, 1.807) is 18.3 Å². The first-order valence-corrected chi connectivity index (χ1v) is 6.54. The molecule has 0 bridgehead atoms. The van der Waals surface area contributed by atoms with Crippen LogP contribution >= 0.6 is 0 Å². The van der Waals surface area contributed by atoms with Crippen molar-refractivity contribution in [3.63, 3.8) is 0 Å². The zero-order chi connectivity index (χ0) is 12.8. The predicted molar refractivity (Wildman–Crippen MR) is 70.1 cm³/mol. The molecule has 0 spiro atoms. The van der Waals surface area contributed by atoms with Crippen molar-refractivity contribution < 1.29 is 5.11 Å². The standard InChI is InChI=1S/C14H19N3O/c15-9-12-5-6-13(16-10-12)17-11-14(18)7-3-1-2-4-8-14/h5-6,10,18H,1-4,7-8,11H2,(H,16,17). The van der Waals surface area contributed by atoms with Crippen molar-refractivity contribution in [3.8, 4) is 6.07 Å². The molecule has 96 valence electrons. The van der Waals surface area contributed by atoms with Crippen molar-refractivity contribution in [1.82, 2.24) is 4.98 Å². The SMILES string of the molecule is N#Cc1ccc(NCC2(O)CCCCCC2)nc1. The van der Waals surface area contributed by atoms with Gasteiger partial charge in [-0.25, -0.2) is 4.98 Å². The first kappa shape index (κ1) is 12.8. The summed E-state index contributed by atoms with van der Waals surface area (Å²) in [5.41, 5.74) is -0.0553.